The van der Waals surface area contributed by atoms with Crippen molar-refractivity contribution in [3.05, 3.63) is 34.7 Å². The molecule has 0 aliphatic carbocycles. The average molecular weight is 313 g/mol. The van der Waals surface area contributed by atoms with Crippen LogP contribution in [-0.2, 0) is 13.0 Å². The quantitative estimate of drug-likeness (QED) is 0.921. The molecule has 0 aliphatic heterocycles. The summed E-state index contributed by atoms with van der Waals surface area (Å²) in [5, 5.41) is 4.22. The molecule has 2 heterocycles. The van der Waals surface area contributed by atoms with Gasteiger partial charge in [-0.1, -0.05) is 13.8 Å². The number of aromatic nitrogens is 3. The first-order chi connectivity index (χ1) is 8.56. The Morgan fingerprint density at radius 3 is 2.83 bits per heavy atom. The summed E-state index contributed by atoms with van der Waals surface area (Å²) in [6.45, 7) is 5.15. The highest BCUT2D eigenvalue weighted by molar-refractivity contribution is 9.10. The Bertz CT molecular complexity index is 506. The number of hydrogen-bond donors (Lipinski definition) is 1. The van der Waals surface area contributed by atoms with Gasteiger partial charge in [0.05, 0.1) is 6.04 Å². The van der Waals surface area contributed by atoms with E-state index in [1.54, 1.807) is 6.33 Å². The summed E-state index contributed by atoms with van der Waals surface area (Å²) < 4.78 is 8.05. The van der Waals surface area contributed by atoms with Crippen LogP contribution in [0.4, 0.5) is 0 Å². The van der Waals surface area contributed by atoms with Crippen molar-refractivity contribution in [1.29, 1.82) is 0 Å². The Morgan fingerprint density at radius 1 is 1.44 bits per heavy atom. The Morgan fingerprint density at radius 2 is 2.22 bits per heavy atom. The third-order valence-electron chi connectivity index (χ3n) is 2.60. The maximum absolute atomic E-state index is 6.10. The van der Waals surface area contributed by atoms with Gasteiger partial charge in [0.1, 0.15) is 17.9 Å². The van der Waals surface area contributed by atoms with E-state index < -0.39 is 0 Å². The lowest BCUT2D eigenvalue weighted by atomic mass is 10.1. The predicted octanol–water partition coefficient (Wildman–Crippen LogP) is 2.53. The van der Waals surface area contributed by atoms with Crippen LogP contribution < -0.4 is 5.73 Å². The number of nitrogens with zero attached hydrogens (tertiary/aromatic N) is 3. The second-order valence-corrected chi connectivity index (χ2v) is 5.49. The molecule has 2 aromatic rings. The summed E-state index contributed by atoms with van der Waals surface area (Å²) >= 11 is 3.27. The molecule has 1 unspecified atom stereocenters. The molecule has 1 atom stereocenters. The standard InChI is InChI=1S/C12H17BrN4O/c1-8(2)6-17-12(15-7-16-17)5-9(14)10-3-4-11(13)18-10/h3-4,7-9H,5-6,14H2,1-2H3. The third-order valence-corrected chi connectivity index (χ3v) is 3.02. The SMILES string of the molecule is CC(C)Cn1ncnc1CC(N)c1ccc(Br)o1. The average Bonchev–Trinajstić information content (AvgIpc) is 2.88. The molecular formula is C12H17BrN4O. The number of nitrogens with two attached hydrogens (primary N) is 1. The molecule has 0 radical (unpaired) electrons. The summed E-state index contributed by atoms with van der Waals surface area (Å²) in [6.07, 6.45) is 2.19. The minimum Gasteiger partial charge on any atom is -0.453 e. The van der Waals surface area contributed by atoms with Gasteiger partial charge >= 0.3 is 0 Å². The molecule has 0 aliphatic rings. The van der Waals surface area contributed by atoms with E-state index in [4.69, 9.17) is 10.2 Å². The van der Waals surface area contributed by atoms with E-state index in [1.807, 2.05) is 16.8 Å². The largest absolute Gasteiger partial charge is 0.453 e. The Labute approximate surface area is 115 Å². The van der Waals surface area contributed by atoms with E-state index in [9.17, 15) is 0 Å². The zero-order valence-corrected chi connectivity index (χ0v) is 12.1. The molecule has 0 amide bonds. The fraction of sp³-hybridized carbons (Fsp3) is 0.500. The van der Waals surface area contributed by atoms with Crippen molar-refractivity contribution < 1.29 is 4.42 Å². The lowest BCUT2D eigenvalue weighted by molar-refractivity contribution is 0.425. The van der Waals surface area contributed by atoms with Gasteiger partial charge in [-0.25, -0.2) is 9.67 Å². The Hall–Kier alpha value is -1.14. The van der Waals surface area contributed by atoms with Gasteiger partial charge in [-0.05, 0) is 34.0 Å². The molecule has 0 fully saturated rings. The van der Waals surface area contributed by atoms with E-state index >= 15 is 0 Å². The van der Waals surface area contributed by atoms with Crippen LogP contribution in [-0.4, -0.2) is 14.8 Å². The molecule has 6 heteroatoms. The monoisotopic (exact) mass is 312 g/mol. The molecule has 0 bridgehead atoms. The van der Waals surface area contributed by atoms with E-state index in [0.29, 0.717) is 17.0 Å². The molecule has 98 valence electrons. The van der Waals surface area contributed by atoms with Gasteiger partial charge < -0.3 is 10.2 Å². The van der Waals surface area contributed by atoms with E-state index in [2.05, 4.69) is 39.9 Å². The summed E-state index contributed by atoms with van der Waals surface area (Å²) in [4.78, 5) is 4.26. The van der Waals surface area contributed by atoms with Gasteiger partial charge in [0.25, 0.3) is 0 Å². The molecule has 18 heavy (non-hydrogen) atoms. The first kappa shape index (κ1) is 13.3. The Balaban J connectivity index is 2.07. The van der Waals surface area contributed by atoms with E-state index in [1.165, 1.54) is 0 Å². The van der Waals surface area contributed by atoms with Crippen molar-refractivity contribution in [3.63, 3.8) is 0 Å². The fourth-order valence-electron chi connectivity index (χ4n) is 1.77. The lowest BCUT2D eigenvalue weighted by Crippen LogP contribution is -2.18. The molecule has 5 nitrogen and oxygen atoms in total. The van der Waals surface area contributed by atoms with Crippen molar-refractivity contribution in [2.24, 2.45) is 11.7 Å². The van der Waals surface area contributed by atoms with Gasteiger partial charge in [0.15, 0.2) is 4.67 Å². The smallest absolute Gasteiger partial charge is 0.169 e. The predicted molar refractivity (Wildman–Crippen MR) is 71.9 cm³/mol. The first-order valence-corrected chi connectivity index (χ1v) is 6.73. The number of halogens is 1. The minimum absolute atomic E-state index is 0.202. The third kappa shape index (κ3) is 3.20. The summed E-state index contributed by atoms with van der Waals surface area (Å²) in [7, 11) is 0. The maximum atomic E-state index is 6.10. The maximum Gasteiger partial charge on any atom is 0.169 e. The zero-order chi connectivity index (χ0) is 13.1. The summed E-state index contributed by atoms with van der Waals surface area (Å²) in [5.41, 5.74) is 6.10. The molecule has 2 N–H and O–H groups in total. The van der Waals surface area contributed by atoms with Crippen LogP contribution in [0.25, 0.3) is 0 Å². The minimum atomic E-state index is -0.202. The van der Waals surface area contributed by atoms with Crippen LogP contribution in [0.15, 0.2) is 27.5 Å². The van der Waals surface area contributed by atoms with Crippen molar-refractivity contribution in [2.75, 3.05) is 0 Å². The highest BCUT2D eigenvalue weighted by Crippen LogP contribution is 2.21. The van der Waals surface area contributed by atoms with Gasteiger partial charge in [0, 0.05) is 13.0 Å². The summed E-state index contributed by atoms with van der Waals surface area (Å²) in [5.74, 6) is 2.17. The number of hydrogen-bond acceptors (Lipinski definition) is 4. The van der Waals surface area contributed by atoms with Crippen molar-refractivity contribution >= 4 is 15.9 Å². The van der Waals surface area contributed by atoms with Crippen LogP contribution >= 0.6 is 15.9 Å². The topological polar surface area (TPSA) is 69.9 Å². The van der Waals surface area contributed by atoms with Gasteiger partial charge in [-0.2, -0.15) is 5.10 Å². The molecule has 0 saturated heterocycles. The van der Waals surface area contributed by atoms with Crippen LogP contribution in [0.5, 0.6) is 0 Å². The van der Waals surface area contributed by atoms with Crippen LogP contribution in [0.1, 0.15) is 31.5 Å². The van der Waals surface area contributed by atoms with E-state index in [-0.39, 0.29) is 6.04 Å². The van der Waals surface area contributed by atoms with E-state index in [0.717, 1.165) is 18.1 Å². The lowest BCUT2D eigenvalue weighted by Gasteiger charge is -2.11. The van der Waals surface area contributed by atoms with Gasteiger partial charge in [0.2, 0.25) is 0 Å². The zero-order valence-electron chi connectivity index (χ0n) is 10.5. The van der Waals surface area contributed by atoms with Crippen molar-refractivity contribution in [2.45, 2.75) is 32.9 Å². The number of furan rings is 1. The summed E-state index contributed by atoms with van der Waals surface area (Å²) in [6, 6.07) is 3.51. The molecule has 2 aromatic heterocycles. The second kappa shape index (κ2) is 5.67. The molecule has 0 saturated carbocycles. The number of rotatable bonds is 5. The molecular weight excluding hydrogens is 296 g/mol. The van der Waals surface area contributed by atoms with Crippen LogP contribution in [0.3, 0.4) is 0 Å². The van der Waals surface area contributed by atoms with Crippen LogP contribution in [0.2, 0.25) is 0 Å². The second-order valence-electron chi connectivity index (χ2n) is 4.70. The normalized spacial score (nSPS) is 13.2. The van der Waals surface area contributed by atoms with Crippen LogP contribution in [0, 0.1) is 5.92 Å². The fourth-order valence-corrected chi connectivity index (χ4v) is 2.09. The molecule has 2 rings (SSSR count). The Kier molecular flexibility index (Phi) is 4.19. The van der Waals surface area contributed by atoms with Gasteiger partial charge in [-0.3, -0.25) is 0 Å². The van der Waals surface area contributed by atoms with Crippen molar-refractivity contribution in [1.82, 2.24) is 14.8 Å². The first-order valence-electron chi connectivity index (χ1n) is 5.93. The highest BCUT2D eigenvalue weighted by atomic mass is 79.9. The highest BCUT2D eigenvalue weighted by Gasteiger charge is 2.15. The van der Waals surface area contributed by atoms with Crippen molar-refractivity contribution in [3.8, 4) is 0 Å². The van der Waals surface area contributed by atoms with Gasteiger partial charge in [-0.15, -0.1) is 0 Å². The molecule has 0 spiro atoms. The molecule has 0 aromatic carbocycles.